The summed E-state index contributed by atoms with van der Waals surface area (Å²) in [5, 5.41) is 0. The van der Waals surface area contributed by atoms with Gasteiger partial charge in [-0.1, -0.05) is 80.4 Å². The minimum atomic E-state index is -0.775. The van der Waals surface area contributed by atoms with Gasteiger partial charge in [0, 0.05) is 8.95 Å². The predicted molar refractivity (Wildman–Crippen MR) is 126 cm³/mol. The lowest BCUT2D eigenvalue weighted by atomic mass is 10.1. The third-order valence-electron chi connectivity index (χ3n) is 4.47. The fourth-order valence-corrected chi connectivity index (χ4v) is 3.46. The van der Waals surface area contributed by atoms with Gasteiger partial charge in [0.25, 0.3) is 0 Å². The summed E-state index contributed by atoms with van der Waals surface area (Å²) in [7, 11) is 0. The van der Waals surface area contributed by atoms with E-state index in [4.69, 9.17) is 9.47 Å². The Balaban J connectivity index is 1.37. The van der Waals surface area contributed by atoms with Crippen LogP contribution in [0.5, 0.6) is 11.5 Å². The van der Waals surface area contributed by atoms with Crippen LogP contribution in [0.1, 0.15) is 0 Å². The van der Waals surface area contributed by atoms with Crippen molar-refractivity contribution in [1.82, 2.24) is 0 Å². The van der Waals surface area contributed by atoms with Crippen LogP contribution < -0.4 is 9.47 Å². The van der Waals surface area contributed by atoms with E-state index < -0.39 is 6.16 Å². The summed E-state index contributed by atoms with van der Waals surface area (Å²) in [5.41, 5.74) is 4.23. The molecular weight excluding hydrogens is 508 g/mol. The van der Waals surface area contributed by atoms with Crippen LogP contribution in [0.15, 0.2) is 106 Å². The van der Waals surface area contributed by atoms with Gasteiger partial charge in [-0.3, -0.25) is 0 Å². The molecule has 0 aliphatic heterocycles. The van der Waals surface area contributed by atoms with Crippen LogP contribution in [0, 0.1) is 0 Å². The molecule has 0 N–H and O–H groups in total. The number of rotatable bonds is 4. The zero-order valence-electron chi connectivity index (χ0n) is 15.7. The van der Waals surface area contributed by atoms with Gasteiger partial charge in [-0.15, -0.1) is 0 Å². The highest BCUT2D eigenvalue weighted by Crippen LogP contribution is 2.26. The average molecular weight is 524 g/mol. The SMILES string of the molecule is O=C(Oc1ccc(-c2ccc(Br)cc2)cc1)Oc1ccc(-c2ccc(Br)cc2)cc1. The number of hydrogen-bond acceptors (Lipinski definition) is 3. The molecule has 148 valence electrons. The minimum Gasteiger partial charge on any atom is -0.395 e. The second-order valence-corrected chi connectivity index (χ2v) is 8.35. The van der Waals surface area contributed by atoms with Crippen molar-refractivity contribution in [2.45, 2.75) is 0 Å². The molecule has 0 spiro atoms. The van der Waals surface area contributed by atoms with Crippen molar-refractivity contribution >= 4 is 38.0 Å². The Labute approximate surface area is 191 Å². The van der Waals surface area contributed by atoms with E-state index >= 15 is 0 Å². The van der Waals surface area contributed by atoms with Crippen LogP contribution >= 0.6 is 31.9 Å². The Morgan fingerprint density at radius 2 is 0.733 bits per heavy atom. The molecule has 4 aromatic carbocycles. The highest BCUT2D eigenvalue weighted by Gasteiger charge is 2.09. The lowest BCUT2D eigenvalue weighted by Crippen LogP contribution is -2.13. The summed E-state index contributed by atoms with van der Waals surface area (Å²) >= 11 is 6.86. The number of carbonyl (C=O) groups is 1. The Hall–Kier alpha value is -2.89. The Morgan fingerprint density at radius 1 is 0.467 bits per heavy atom. The van der Waals surface area contributed by atoms with E-state index in [2.05, 4.69) is 31.9 Å². The van der Waals surface area contributed by atoms with Gasteiger partial charge in [0.2, 0.25) is 0 Å². The van der Waals surface area contributed by atoms with E-state index in [1.807, 2.05) is 72.8 Å². The fraction of sp³-hybridized carbons (Fsp3) is 0. The van der Waals surface area contributed by atoms with Crippen molar-refractivity contribution in [2.24, 2.45) is 0 Å². The van der Waals surface area contributed by atoms with Crippen molar-refractivity contribution in [3.05, 3.63) is 106 Å². The molecule has 0 amide bonds. The molecule has 0 atom stereocenters. The maximum absolute atomic E-state index is 12.1. The third-order valence-corrected chi connectivity index (χ3v) is 5.52. The van der Waals surface area contributed by atoms with Gasteiger partial charge >= 0.3 is 6.16 Å². The van der Waals surface area contributed by atoms with Gasteiger partial charge in [0.05, 0.1) is 0 Å². The lowest BCUT2D eigenvalue weighted by molar-refractivity contribution is 0.152. The van der Waals surface area contributed by atoms with E-state index in [1.54, 1.807) is 24.3 Å². The van der Waals surface area contributed by atoms with Crippen LogP contribution in [0.2, 0.25) is 0 Å². The molecule has 3 nitrogen and oxygen atoms in total. The molecule has 0 bridgehead atoms. The molecule has 4 rings (SSSR count). The first kappa shape index (κ1) is 20.4. The van der Waals surface area contributed by atoms with Crippen LogP contribution in [-0.4, -0.2) is 6.16 Å². The second kappa shape index (κ2) is 9.28. The zero-order chi connectivity index (χ0) is 20.9. The minimum absolute atomic E-state index is 0.423. The summed E-state index contributed by atoms with van der Waals surface area (Å²) in [6, 6.07) is 30.6. The zero-order valence-corrected chi connectivity index (χ0v) is 18.9. The van der Waals surface area contributed by atoms with Crippen LogP contribution in [-0.2, 0) is 0 Å². The molecular formula is C25H16Br2O3. The van der Waals surface area contributed by atoms with Crippen molar-refractivity contribution < 1.29 is 14.3 Å². The molecule has 0 heterocycles. The smallest absolute Gasteiger partial charge is 0.395 e. The summed E-state index contributed by atoms with van der Waals surface area (Å²) < 4.78 is 12.6. The van der Waals surface area contributed by atoms with Gasteiger partial charge in [0.1, 0.15) is 11.5 Å². The van der Waals surface area contributed by atoms with E-state index in [-0.39, 0.29) is 0 Å². The van der Waals surface area contributed by atoms with E-state index in [9.17, 15) is 4.79 Å². The summed E-state index contributed by atoms with van der Waals surface area (Å²) in [5.74, 6) is 0.847. The number of benzene rings is 4. The highest BCUT2D eigenvalue weighted by atomic mass is 79.9. The molecule has 0 saturated heterocycles. The molecule has 0 aliphatic carbocycles. The first-order chi connectivity index (χ1) is 14.6. The molecule has 0 aliphatic rings. The van der Waals surface area contributed by atoms with Crippen LogP contribution in [0.4, 0.5) is 4.79 Å². The van der Waals surface area contributed by atoms with E-state index in [0.717, 1.165) is 31.2 Å². The van der Waals surface area contributed by atoms with Crippen molar-refractivity contribution in [2.75, 3.05) is 0 Å². The number of carbonyl (C=O) groups excluding carboxylic acids is 1. The summed E-state index contributed by atoms with van der Waals surface area (Å²) in [6.45, 7) is 0. The molecule has 0 fully saturated rings. The maximum Gasteiger partial charge on any atom is 0.519 e. The Bertz CT molecular complexity index is 1040. The van der Waals surface area contributed by atoms with Gasteiger partial charge < -0.3 is 9.47 Å². The maximum atomic E-state index is 12.1. The highest BCUT2D eigenvalue weighted by molar-refractivity contribution is 9.10. The Kier molecular flexibility index (Phi) is 6.31. The van der Waals surface area contributed by atoms with Gasteiger partial charge in [0.15, 0.2) is 0 Å². The lowest BCUT2D eigenvalue weighted by Gasteiger charge is -2.08. The first-order valence-electron chi connectivity index (χ1n) is 9.18. The topological polar surface area (TPSA) is 35.5 Å². The van der Waals surface area contributed by atoms with Crippen molar-refractivity contribution in [3.63, 3.8) is 0 Å². The normalized spacial score (nSPS) is 10.5. The second-order valence-electron chi connectivity index (χ2n) is 6.52. The molecule has 0 aromatic heterocycles. The predicted octanol–water partition coefficient (Wildman–Crippen LogP) is 8.12. The molecule has 5 heteroatoms. The van der Waals surface area contributed by atoms with Gasteiger partial charge in [-0.05, 0) is 70.8 Å². The van der Waals surface area contributed by atoms with Gasteiger partial charge in [-0.2, -0.15) is 0 Å². The number of halogens is 2. The molecule has 0 unspecified atom stereocenters. The molecule has 4 aromatic rings. The first-order valence-corrected chi connectivity index (χ1v) is 10.8. The molecule has 30 heavy (non-hydrogen) atoms. The van der Waals surface area contributed by atoms with Crippen molar-refractivity contribution in [1.29, 1.82) is 0 Å². The molecule has 0 saturated carbocycles. The summed E-state index contributed by atoms with van der Waals surface area (Å²) in [4.78, 5) is 12.1. The Morgan fingerprint density at radius 3 is 1.03 bits per heavy atom. The van der Waals surface area contributed by atoms with E-state index in [0.29, 0.717) is 11.5 Å². The average Bonchev–Trinajstić information content (AvgIpc) is 2.76. The van der Waals surface area contributed by atoms with Crippen molar-refractivity contribution in [3.8, 4) is 33.8 Å². The fourth-order valence-electron chi connectivity index (χ4n) is 2.93. The standard InChI is InChI=1S/C25H16Br2O3/c26-21-9-1-17(2-10-21)19-5-13-23(14-6-19)29-25(28)30-24-15-7-20(8-16-24)18-3-11-22(27)12-4-18/h1-16H. The number of hydrogen-bond donors (Lipinski definition) is 0. The largest absolute Gasteiger partial charge is 0.519 e. The molecule has 0 radical (unpaired) electrons. The number of ether oxygens (including phenoxy) is 2. The third kappa shape index (κ3) is 5.17. The van der Waals surface area contributed by atoms with Crippen LogP contribution in [0.25, 0.3) is 22.3 Å². The van der Waals surface area contributed by atoms with E-state index in [1.165, 1.54) is 0 Å². The quantitative estimate of drug-likeness (QED) is 0.200. The summed E-state index contributed by atoms with van der Waals surface area (Å²) in [6.07, 6.45) is -0.775. The van der Waals surface area contributed by atoms with Gasteiger partial charge in [-0.25, -0.2) is 4.79 Å². The van der Waals surface area contributed by atoms with Crippen LogP contribution in [0.3, 0.4) is 0 Å². The monoisotopic (exact) mass is 522 g/mol.